The summed E-state index contributed by atoms with van der Waals surface area (Å²) in [5, 5.41) is 24.2. The molecule has 0 fully saturated rings. The Morgan fingerprint density at radius 3 is 1.32 bits per heavy atom. The number of halogens is 9. The minimum atomic E-state index is -0.500. The Morgan fingerprint density at radius 1 is 0.530 bits per heavy atom. The van der Waals surface area contributed by atoms with Crippen molar-refractivity contribution in [2.45, 2.75) is 173 Å². The van der Waals surface area contributed by atoms with Crippen LogP contribution >= 0.6 is 107 Å². The van der Waals surface area contributed by atoms with Crippen LogP contribution in [0.5, 0.6) is 0 Å². The first kappa shape index (κ1) is 97.9. The summed E-state index contributed by atoms with van der Waals surface area (Å²) in [5.74, 6) is 3.93. The van der Waals surface area contributed by atoms with Crippen LogP contribution in [0, 0.1) is 24.7 Å². The molecule has 115 heavy (non-hydrogen) atoms. The predicted molar refractivity (Wildman–Crippen MR) is 488 cm³/mol. The van der Waals surface area contributed by atoms with E-state index < -0.39 is 10.8 Å². The van der Waals surface area contributed by atoms with Crippen molar-refractivity contribution in [3.63, 3.8) is 0 Å². The summed E-state index contributed by atoms with van der Waals surface area (Å²) < 4.78 is 9.31. The zero-order valence-electron chi connectivity index (χ0n) is 67.3. The standard InChI is InChI=1S/C20H22ClNO2.C19H21ClN2O2.C11H14ClN.2C11H12ClN.C9H9BrO2.C6H6ClN.C5H7Cl.ClH.Cu/c1-20(2)11-10-16-12-17(21)8-9-18(16)22(20)13-14-4-6-15(7-5-14)19(23)24-3;1-19(2)10-9-15-11-16(20)7-8-17(15)22(19)12-13-3-5-14(6-4-13)18(23)21-24;2*1-11(2)6-5-8-7-9(12)3-4-10(8)13-11;1-4-11(2,3)13-10-7-5-9(12)6-8-10;1-12-9(11)8-4-2-7(6-10)3-5-8;7-5-1-3-6(8)4-2-5;1-4-5(2,3)6;;/h4-9,12H,10-11,13H2,1-3H3;3-8,11,24H,9-10,12H2,1-2H3,(H,21,23);3-4,7,13H,5-6H2,1-2H3;3-7,13H,1-2H3;1,5-8,13H,2-3H3;2-5H,6H2,1H3;1-4H,8H2;1H,2-3H3;1H;/q;;;;;;;;;+1/p-1. The number of amides is 1. The number of methoxy groups -OCH3 is 2. The van der Waals surface area contributed by atoms with Crippen LogP contribution in [0.25, 0.3) is 6.08 Å². The molecule has 0 aromatic heterocycles. The number of benzene rings is 9. The molecule has 0 saturated heterocycles. The van der Waals surface area contributed by atoms with Crippen molar-refractivity contribution in [1.29, 1.82) is 0 Å². The van der Waals surface area contributed by atoms with Gasteiger partial charge in [0.2, 0.25) is 0 Å². The van der Waals surface area contributed by atoms with Crippen LogP contribution < -0.4 is 37.0 Å². The number of aryl methyl sites for hydroxylation is 3. The van der Waals surface area contributed by atoms with E-state index >= 15 is 0 Å². The van der Waals surface area contributed by atoms with Gasteiger partial charge in [-0.15, -0.1) is 24.4 Å². The summed E-state index contributed by atoms with van der Waals surface area (Å²) in [6.45, 7) is 26.8. The van der Waals surface area contributed by atoms with Crippen molar-refractivity contribution in [1.82, 2.24) is 5.48 Å². The van der Waals surface area contributed by atoms with Gasteiger partial charge in [0.1, 0.15) is 0 Å². The SMILES string of the molecule is C#CC(C)(C)Cl.C#CC(C)(C)Nc1ccc(Cl)cc1.CC1(C)C=Cc2cc(Cl)ccc2N1.CC1(C)CCc2cc(Cl)ccc2N1.CC1(C)CCc2cc(Cl)ccc2N1Cc1ccc(C(=O)NO)cc1.COC(=O)c1ccc(CBr)cc1.COC(=O)c1ccc(CN2c3ccc(Cl)cc3CCC2(C)C)cc1.Nc1ccc(Cl)cc1.[Cl][Cu]. The summed E-state index contributed by atoms with van der Waals surface area (Å²) in [7, 11) is 6.97. The van der Waals surface area contributed by atoms with Crippen molar-refractivity contribution in [2.24, 2.45) is 0 Å². The number of nitrogens with one attached hydrogen (secondary N) is 4. The molecular weight excluding hydrogens is 1730 g/mol. The third-order valence-corrected chi connectivity index (χ3v) is 20.8. The number of hydrogen-bond acceptors (Lipinski definition) is 12. The van der Waals surface area contributed by atoms with Crippen LogP contribution in [0.4, 0.5) is 34.1 Å². The molecule has 1 amide bonds. The van der Waals surface area contributed by atoms with E-state index in [1.54, 1.807) is 67.9 Å². The molecule has 0 atom stereocenters. The number of fused-ring (bicyclic) bond motifs is 4. The molecule has 9 aromatic rings. The number of nitrogens with two attached hydrogens (primary N) is 1. The van der Waals surface area contributed by atoms with Crippen molar-refractivity contribution in [2.75, 3.05) is 45.7 Å². The monoisotopic (exact) mass is 1820 g/mol. The van der Waals surface area contributed by atoms with Gasteiger partial charge in [-0.2, -0.15) is 0 Å². The molecule has 4 aliphatic rings. The van der Waals surface area contributed by atoms with Gasteiger partial charge in [-0.25, -0.2) is 15.1 Å². The molecule has 0 aliphatic carbocycles. The van der Waals surface area contributed by atoms with Gasteiger partial charge in [-0.05, 0) is 318 Å². The number of esters is 2. The van der Waals surface area contributed by atoms with Gasteiger partial charge in [-0.3, -0.25) is 10.0 Å². The number of hydroxylamine groups is 1. The Labute approximate surface area is 737 Å². The number of nitrogen functional groups attached to an aromatic ring is 1. The molecule has 13 nitrogen and oxygen atoms in total. The molecule has 9 aromatic carbocycles. The van der Waals surface area contributed by atoms with Gasteiger partial charge in [0.15, 0.2) is 0 Å². The molecule has 0 bridgehead atoms. The summed E-state index contributed by atoms with van der Waals surface area (Å²) >= 11 is 47.9. The normalized spacial score (nSPS) is 14.2. The molecule has 616 valence electrons. The molecule has 0 radical (unpaired) electrons. The number of carbonyl (C=O) groups excluding carboxylic acids is 3. The number of anilines is 6. The van der Waals surface area contributed by atoms with E-state index in [-0.39, 0.29) is 39.6 Å². The number of terminal acetylenes is 2. The first-order valence-electron chi connectivity index (χ1n) is 36.8. The van der Waals surface area contributed by atoms with E-state index in [1.165, 1.54) is 60.0 Å². The van der Waals surface area contributed by atoms with E-state index in [1.807, 2.05) is 129 Å². The number of hydrogen-bond donors (Lipinski definition) is 6. The van der Waals surface area contributed by atoms with Crippen LogP contribution in [0.2, 0.25) is 30.1 Å². The topological polar surface area (TPSA) is 171 Å². The van der Waals surface area contributed by atoms with Crippen molar-refractivity contribution >= 4 is 165 Å². The Balaban J connectivity index is 0.000000242. The van der Waals surface area contributed by atoms with Gasteiger partial charge in [0.25, 0.3) is 5.91 Å². The van der Waals surface area contributed by atoms with Crippen LogP contribution in [-0.2, 0) is 62.3 Å². The minimum absolute atomic E-state index is 0.0425. The second kappa shape index (κ2) is 45.9. The molecule has 0 unspecified atom stereocenters. The molecule has 13 rings (SSSR count). The quantitative estimate of drug-likeness (QED) is 0.0146. The zero-order valence-corrected chi connectivity index (χ0v) is 75.9. The Kier molecular flexibility index (Phi) is 39.1. The van der Waals surface area contributed by atoms with Crippen LogP contribution in [0.3, 0.4) is 0 Å². The van der Waals surface area contributed by atoms with Gasteiger partial charge in [-0.1, -0.05) is 146 Å². The fourth-order valence-electron chi connectivity index (χ4n) is 12.0. The molecule has 0 spiro atoms. The summed E-state index contributed by atoms with van der Waals surface area (Å²) in [6, 6.07) is 60.9. The molecule has 4 heterocycles. The third-order valence-electron chi connectivity index (χ3n) is 18.6. The van der Waals surface area contributed by atoms with Crippen molar-refractivity contribution in [3.8, 4) is 24.7 Å². The van der Waals surface area contributed by atoms with Crippen LogP contribution in [-0.4, -0.2) is 69.8 Å². The second-order valence-corrected chi connectivity index (χ2v) is 34.9. The van der Waals surface area contributed by atoms with E-state index in [0.717, 1.165) is 114 Å². The van der Waals surface area contributed by atoms with Gasteiger partial charge >= 0.3 is 37.1 Å². The first-order valence-corrected chi connectivity index (χ1v) is 41.9. The summed E-state index contributed by atoms with van der Waals surface area (Å²) in [6.07, 6.45) is 21.0. The maximum absolute atomic E-state index is 11.6. The Morgan fingerprint density at radius 2 is 0.913 bits per heavy atom. The number of nitrogens with zero attached hydrogens (tertiary/aromatic N) is 2. The fraction of sp³-hybridized carbons (Fsp3) is 0.315. The van der Waals surface area contributed by atoms with Crippen LogP contribution in [0.15, 0.2) is 200 Å². The summed E-state index contributed by atoms with van der Waals surface area (Å²) in [4.78, 5) is 38.3. The fourth-order valence-corrected chi connectivity index (χ4v) is 13.4. The summed E-state index contributed by atoms with van der Waals surface area (Å²) in [5.41, 5.74) is 23.7. The molecular formula is C92H103BrCl8CuN7O6. The van der Waals surface area contributed by atoms with Gasteiger partial charge in [0.05, 0.1) is 41.3 Å². The molecule has 4 aliphatic heterocycles. The van der Waals surface area contributed by atoms with Gasteiger partial charge in [0, 0.05) is 105 Å². The van der Waals surface area contributed by atoms with Crippen molar-refractivity contribution < 1.29 is 44.2 Å². The van der Waals surface area contributed by atoms with E-state index in [4.69, 9.17) is 110 Å². The van der Waals surface area contributed by atoms with Gasteiger partial charge < -0.3 is 41.0 Å². The number of alkyl halides is 2. The number of ether oxygens (including phenoxy) is 2. The Bertz CT molecular complexity index is 4610. The van der Waals surface area contributed by atoms with Crippen LogP contribution in [0.1, 0.15) is 172 Å². The molecule has 0 saturated carbocycles. The van der Waals surface area contributed by atoms with E-state index in [0.29, 0.717) is 16.7 Å². The second-order valence-electron chi connectivity index (χ2n) is 30.8. The average Bonchev–Trinajstić information content (AvgIpc) is 0.784. The molecule has 7 N–H and O–H groups in total. The number of carbonyl (C=O) groups is 3. The van der Waals surface area contributed by atoms with E-state index in [9.17, 15) is 14.4 Å². The number of rotatable bonds is 10. The molecule has 23 heteroatoms. The predicted octanol–water partition coefficient (Wildman–Crippen LogP) is 25.9. The maximum atomic E-state index is 11.6. The average molecular weight is 1830 g/mol. The first-order chi connectivity index (χ1) is 54.1. The van der Waals surface area contributed by atoms with E-state index in [2.05, 4.69) is 181 Å². The van der Waals surface area contributed by atoms with Crippen molar-refractivity contribution in [3.05, 3.63) is 286 Å². The zero-order chi connectivity index (χ0) is 85.7. The Hall–Kier alpha value is -7.67. The third kappa shape index (κ3) is 33.0.